The second-order valence-corrected chi connectivity index (χ2v) is 5.03. The van der Waals surface area contributed by atoms with Gasteiger partial charge in [0.1, 0.15) is 11.6 Å². The van der Waals surface area contributed by atoms with Gasteiger partial charge in [-0.25, -0.2) is 4.98 Å². The van der Waals surface area contributed by atoms with Gasteiger partial charge in [0.2, 0.25) is 0 Å². The minimum Gasteiger partial charge on any atom is -0.497 e. The van der Waals surface area contributed by atoms with Crippen molar-refractivity contribution < 1.29 is 4.74 Å². The fourth-order valence-corrected chi connectivity index (χ4v) is 2.35. The largest absolute Gasteiger partial charge is 0.497 e. The van der Waals surface area contributed by atoms with Gasteiger partial charge in [-0.2, -0.15) is 9.61 Å². The number of nitrogens with zero attached hydrogens (tertiary/aromatic N) is 3. The molecule has 0 saturated heterocycles. The summed E-state index contributed by atoms with van der Waals surface area (Å²) in [5.74, 6) is 1.70. The van der Waals surface area contributed by atoms with Crippen LogP contribution in [0.4, 0.5) is 5.82 Å². The topological polar surface area (TPSA) is 77.5 Å². The average Bonchev–Trinajstić information content (AvgIpc) is 2.96. The summed E-state index contributed by atoms with van der Waals surface area (Å²) in [6.07, 6.45) is 0. The summed E-state index contributed by atoms with van der Waals surface area (Å²) in [7, 11) is 1.66. The van der Waals surface area contributed by atoms with E-state index in [0.717, 1.165) is 34.2 Å². The Bertz CT molecular complexity index is 796. The van der Waals surface area contributed by atoms with Crippen molar-refractivity contribution >= 4 is 11.5 Å². The lowest BCUT2D eigenvalue weighted by molar-refractivity contribution is 0.415. The van der Waals surface area contributed by atoms with E-state index < -0.39 is 0 Å². The Kier molecular flexibility index (Phi) is 3.93. The van der Waals surface area contributed by atoms with Crippen molar-refractivity contribution in [3.8, 4) is 17.0 Å². The molecule has 1 aromatic carbocycles. The lowest BCUT2D eigenvalue weighted by Gasteiger charge is -2.07. The number of hydrogen-bond donors (Lipinski definition) is 2. The normalized spacial score (nSPS) is 10.9. The van der Waals surface area contributed by atoms with Gasteiger partial charge in [-0.15, -0.1) is 0 Å². The van der Waals surface area contributed by atoms with E-state index in [0.29, 0.717) is 13.1 Å². The molecular weight excluding hydrogens is 278 g/mol. The fraction of sp³-hybridized carbons (Fsp3) is 0.250. The Balaban J connectivity index is 2.08. The summed E-state index contributed by atoms with van der Waals surface area (Å²) in [4.78, 5) is 4.53. The predicted octanol–water partition coefficient (Wildman–Crippen LogP) is 2.08. The van der Waals surface area contributed by atoms with Crippen LogP contribution < -0.4 is 15.8 Å². The molecule has 0 aliphatic carbocycles. The highest BCUT2D eigenvalue weighted by atomic mass is 16.5. The molecule has 0 fully saturated rings. The first-order valence-electron chi connectivity index (χ1n) is 7.17. The van der Waals surface area contributed by atoms with E-state index in [4.69, 9.17) is 10.5 Å². The van der Waals surface area contributed by atoms with Gasteiger partial charge in [0.25, 0.3) is 0 Å². The first-order chi connectivity index (χ1) is 10.7. The van der Waals surface area contributed by atoms with Crippen LogP contribution in [0.25, 0.3) is 16.9 Å². The first kappa shape index (κ1) is 14.3. The van der Waals surface area contributed by atoms with Crippen LogP contribution in [0.1, 0.15) is 5.69 Å². The van der Waals surface area contributed by atoms with Gasteiger partial charge >= 0.3 is 0 Å². The van der Waals surface area contributed by atoms with Crippen LogP contribution >= 0.6 is 0 Å². The third-order valence-corrected chi connectivity index (χ3v) is 3.37. The Hall–Kier alpha value is -2.60. The van der Waals surface area contributed by atoms with Crippen LogP contribution in [0.15, 0.2) is 36.4 Å². The molecule has 2 aromatic heterocycles. The highest BCUT2D eigenvalue weighted by Crippen LogP contribution is 2.24. The van der Waals surface area contributed by atoms with Gasteiger partial charge in [0.05, 0.1) is 12.8 Å². The van der Waals surface area contributed by atoms with Crippen LogP contribution in [0.2, 0.25) is 0 Å². The van der Waals surface area contributed by atoms with E-state index in [-0.39, 0.29) is 0 Å². The summed E-state index contributed by atoms with van der Waals surface area (Å²) >= 11 is 0. The van der Waals surface area contributed by atoms with Crippen LogP contribution in [0.3, 0.4) is 0 Å². The molecule has 0 saturated carbocycles. The monoisotopic (exact) mass is 297 g/mol. The van der Waals surface area contributed by atoms with E-state index in [1.165, 1.54) is 0 Å². The Morgan fingerprint density at radius 1 is 1.27 bits per heavy atom. The quantitative estimate of drug-likeness (QED) is 0.754. The molecule has 3 N–H and O–H groups in total. The highest BCUT2D eigenvalue weighted by Gasteiger charge is 2.10. The van der Waals surface area contributed by atoms with Crippen LogP contribution in [0, 0.1) is 6.92 Å². The zero-order valence-corrected chi connectivity index (χ0v) is 12.7. The number of methoxy groups -OCH3 is 1. The van der Waals surface area contributed by atoms with Crippen molar-refractivity contribution in [2.45, 2.75) is 6.92 Å². The summed E-state index contributed by atoms with van der Waals surface area (Å²) in [5, 5.41) is 7.92. The molecule has 22 heavy (non-hydrogen) atoms. The highest BCUT2D eigenvalue weighted by molar-refractivity contribution is 5.67. The van der Waals surface area contributed by atoms with Crippen molar-refractivity contribution in [2.24, 2.45) is 5.73 Å². The van der Waals surface area contributed by atoms with Crippen LogP contribution in [-0.2, 0) is 0 Å². The number of anilines is 1. The maximum Gasteiger partial charge on any atom is 0.158 e. The number of nitrogens with two attached hydrogens (primary N) is 1. The zero-order valence-electron chi connectivity index (χ0n) is 12.7. The second kappa shape index (κ2) is 6.03. The zero-order chi connectivity index (χ0) is 15.5. The van der Waals surface area contributed by atoms with Crippen LogP contribution in [0.5, 0.6) is 5.75 Å². The lowest BCUT2D eigenvalue weighted by atomic mass is 10.1. The third kappa shape index (κ3) is 2.73. The summed E-state index contributed by atoms with van der Waals surface area (Å²) in [6, 6.07) is 11.8. The van der Waals surface area contributed by atoms with E-state index in [9.17, 15) is 0 Å². The van der Waals surface area contributed by atoms with Gasteiger partial charge in [-0.3, -0.25) is 0 Å². The average molecular weight is 297 g/mol. The number of ether oxygens (including phenoxy) is 1. The molecule has 0 unspecified atom stereocenters. The van der Waals surface area contributed by atoms with Gasteiger partial charge in [-0.05, 0) is 19.1 Å². The van der Waals surface area contributed by atoms with E-state index in [2.05, 4.69) is 15.4 Å². The Labute approximate surface area is 128 Å². The SMILES string of the molecule is COc1cccc(-c2cc3nc(C)cc(NCCN)n3n2)c1. The van der Waals surface area contributed by atoms with Gasteiger partial charge in [0.15, 0.2) is 5.65 Å². The fourth-order valence-electron chi connectivity index (χ4n) is 2.35. The second-order valence-electron chi connectivity index (χ2n) is 5.03. The van der Waals surface area contributed by atoms with Gasteiger partial charge in [0, 0.05) is 36.5 Å². The summed E-state index contributed by atoms with van der Waals surface area (Å²) in [6.45, 7) is 3.21. The number of rotatable bonds is 5. The smallest absolute Gasteiger partial charge is 0.158 e. The van der Waals surface area contributed by atoms with Crippen LogP contribution in [-0.4, -0.2) is 34.8 Å². The number of hydrogen-bond acceptors (Lipinski definition) is 5. The van der Waals surface area contributed by atoms with Crippen molar-refractivity contribution in [1.82, 2.24) is 14.6 Å². The van der Waals surface area contributed by atoms with Crippen molar-refractivity contribution in [2.75, 3.05) is 25.5 Å². The molecule has 3 rings (SSSR count). The molecule has 0 radical (unpaired) electrons. The summed E-state index contributed by atoms with van der Waals surface area (Å²) < 4.78 is 7.07. The Morgan fingerprint density at radius 2 is 2.14 bits per heavy atom. The molecule has 0 atom stereocenters. The van der Waals surface area contributed by atoms with Crippen molar-refractivity contribution in [3.63, 3.8) is 0 Å². The third-order valence-electron chi connectivity index (χ3n) is 3.37. The maximum atomic E-state index is 5.57. The van der Waals surface area contributed by atoms with Gasteiger partial charge < -0.3 is 15.8 Å². The molecule has 0 bridgehead atoms. The minimum absolute atomic E-state index is 0.562. The Morgan fingerprint density at radius 3 is 2.91 bits per heavy atom. The molecule has 0 amide bonds. The first-order valence-corrected chi connectivity index (χ1v) is 7.17. The number of aromatic nitrogens is 3. The lowest BCUT2D eigenvalue weighted by Crippen LogP contribution is -2.15. The minimum atomic E-state index is 0.562. The molecule has 0 spiro atoms. The van der Waals surface area contributed by atoms with E-state index >= 15 is 0 Å². The molecule has 3 aromatic rings. The van der Waals surface area contributed by atoms with Gasteiger partial charge in [-0.1, -0.05) is 12.1 Å². The number of nitrogens with one attached hydrogen (secondary N) is 1. The number of aryl methyl sites for hydroxylation is 1. The molecule has 6 heteroatoms. The number of fused-ring (bicyclic) bond motifs is 1. The van der Waals surface area contributed by atoms with Crippen molar-refractivity contribution in [3.05, 3.63) is 42.1 Å². The molecular formula is C16H19N5O. The molecule has 0 aliphatic rings. The molecule has 2 heterocycles. The molecule has 6 nitrogen and oxygen atoms in total. The maximum absolute atomic E-state index is 5.57. The predicted molar refractivity (Wildman–Crippen MR) is 87.3 cm³/mol. The molecule has 0 aliphatic heterocycles. The van der Waals surface area contributed by atoms with Crippen molar-refractivity contribution in [1.29, 1.82) is 0 Å². The number of benzene rings is 1. The van der Waals surface area contributed by atoms with E-state index in [1.54, 1.807) is 11.6 Å². The standard InChI is InChI=1S/C16H19N5O/c1-11-8-15(18-7-6-17)21-16(19-11)10-14(20-21)12-4-3-5-13(9-12)22-2/h3-5,8-10,18H,6-7,17H2,1-2H3. The summed E-state index contributed by atoms with van der Waals surface area (Å²) in [5.41, 5.74) is 9.15. The van der Waals surface area contributed by atoms with E-state index in [1.807, 2.05) is 43.3 Å². The molecule has 114 valence electrons.